The average Bonchev–Trinajstić information content (AvgIpc) is 2.36. The topological polar surface area (TPSA) is 84.5 Å². The third kappa shape index (κ3) is 4.42. The monoisotopic (exact) mass is 264 g/mol. The number of hydrogen-bond acceptors (Lipinski definition) is 4. The first-order chi connectivity index (χ1) is 8.93. The second-order valence-corrected chi connectivity index (χ2v) is 3.96. The molecular weight excluding hydrogens is 248 g/mol. The molecule has 0 saturated heterocycles. The van der Waals surface area contributed by atoms with Crippen molar-refractivity contribution in [2.75, 3.05) is 12.4 Å². The molecule has 6 nitrogen and oxygen atoms in total. The van der Waals surface area contributed by atoms with E-state index in [4.69, 9.17) is 4.74 Å². The van der Waals surface area contributed by atoms with E-state index in [1.165, 1.54) is 21.0 Å². The molecule has 19 heavy (non-hydrogen) atoms. The molecule has 0 radical (unpaired) electrons. The summed E-state index contributed by atoms with van der Waals surface area (Å²) in [6.07, 6.45) is 0. The van der Waals surface area contributed by atoms with Crippen molar-refractivity contribution in [3.05, 3.63) is 24.3 Å². The molecule has 1 unspecified atom stereocenters. The van der Waals surface area contributed by atoms with Crippen molar-refractivity contribution in [2.45, 2.75) is 19.9 Å². The van der Waals surface area contributed by atoms with Crippen LogP contribution in [0.15, 0.2) is 24.3 Å². The second-order valence-electron chi connectivity index (χ2n) is 3.96. The number of ketones is 1. The molecule has 0 saturated carbocycles. The van der Waals surface area contributed by atoms with Crippen molar-refractivity contribution in [2.24, 2.45) is 0 Å². The molecule has 0 aromatic heterocycles. The molecule has 1 aromatic rings. The summed E-state index contributed by atoms with van der Waals surface area (Å²) in [5.74, 6) is -0.790. The molecule has 1 atom stereocenters. The van der Waals surface area contributed by atoms with Crippen LogP contribution in [-0.2, 0) is 14.4 Å². The summed E-state index contributed by atoms with van der Waals surface area (Å²) in [4.78, 5) is 34.1. The number of Topliss-reactive ketones (excluding diaryl/α,β-unsaturated/α-hetero) is 1. The van der Waals surface area contributed by atoms with Gasteiger partial charge in [0, 0.05) is 12.6 Å². The van der Waals surface area contributed by atoms with Gasteiger partial charge in [0.1, 0.15) is 5.75 Å². The zero-order valence-corrected chi connectivity index (χ0v) is 11.0. The summed E-state index contributed by atoms with van der Waals surface area (Å²) in [6, 6.07) is 5.45. The van der Waals surface area contributed by atoms with Crippen LogP contribution in [0.25, 0.3) is 0 Å². The SMILES string of the molecule is COc1ccc(NC(=O)C(NC(C)=O)C(C)=O)cc1. The van der Waals surface area contributed by atoms with Crippen LogP contribution >= 0.6 is 0 Å². The number of carbonyl (C=O) groups excluding carboxylic acids is 3. The van der Waals surface area contributed by atoms with Crippen molar-refractivity contribution in [3.8, 4) is 5.75 Å². The van der Waals surface area contributed by atoms with Crippen LogP contribution in [0.1, 0.15) is 13.8 Å². The standard InChI is InChI=1S/C13H16N2O4/c1-8(16)12(14-9(2)17)13(18)15-10-4-6-11(19-3)7-5-10/h4-7,12H,1-3H3,(H,14,17)(H,15,18). The number of ether oxygens (including phenoxy) is 1. The van der Waals surface area contributed by atoms with Gasteiger partial charge in [-0.25, -0.2) is 0 Å². The Bertz CT molecular complexity index is 482. The number of carbonyl (C=O) groups is 3. The maximum atomic E-state index is 11.9. The predicted molar refractivity (Wildman–Crippen MR) is 69.9 cm³/mol. The van der Waals surface area contributed by atoms with Gasteiger partial charge in [0.15, 0.2) is 11.8 Å². The summed E-state index contributed by atoms with van der Waals surface area (Å²) in [6.45, 7) is 2.49. The molecule has 1 aromatic carbocycles. The van der Waals surface area contributed by atoms with Gasteiger partial charge in [0.05, 0.1) is 7.11 Å². The highest BCUT2D eigenvalue weighted by Crippen LogP contribution is 2.15. The number of amides is 2. The van der Waals surface area contributed by atoms with Crippen LogP contribution in [0, 0.1) is 0 Å². The number of methoxy groups -OCH3 is 1. The highest BCUT2D eigenvalue weighted by atomic mass is 16.5. The van der Waals surface area contributed by atoms with E-state index in [1.54, 1.807) is 24.3 Å². The molecule has 2 amide bonds. The third-order valence-corrected chi connectivity index (χ3v) is 2.37. The Hall–Kier alpha value is -2.37. The van der Waals surface area contributed by atoms with Crippen molar-refractivity contribution >= 4 is 23.3 Å². The summed E-state index contributed by atoms with van der Waals surface area (Å²) in [5, 5.41) is 4.85. The lowest BCUT2D eigenvalue weighted by Crippen LogP contribution is -2.47. The first-order valence-corrected chi connectivity index (χ1v) is 5.66. The number of anilines is 1. The van der Waals surface area contributed by atoms with Gasteiger partial charge in [-0.05, 0) is 31.2 Å². The van der Waals surface area contributed by atoms with Crippen LogP contribution in [0.4, 0.5) is 5.69 Å². The molecule has 0 aliphatic carbocycles. The minimum Gasteiger partial charge on any atom is -0.497 e. The zero-order valence-electron chi connectivity index (χ0n) is 11.0. The fourth-order valence-electron chi connectivity index (χ4n) is 1.44. The number of nitrogens with one attached hydrogen (secondary N) is 2. The van der Waals surface area contributed by atoms with Gasteiger partial charge >= 0.3 is 0 Å². The third-order valence-electron chi connectivity index (χ3n) is 2.37. The molecule has 102 valence electrons. The van der Waals surface area contributed by atoms with E-state index < -0.39 is 23.6 Å². The lowest BCUT2D eigenvalue weighted by atomic mass is 10.2. The Labute approximate surface area is 111 Å². The summed E-state index contributed by atoms with van der Waals surface area (Å²) >= 11 is 0. The van der Waals surface area contributed by atoms with E-state index in [0.29, 0.717) is 11.4 Å². The van der Waals surface area contributed by atoms with Crippen LogP contribution in [0.3, 0.4) is 0 Å². The largest absolute Gasteiger partial charge is 0.497 e. The normalized spacial score (nSPS) is 11.3. The van der Waals surface area contributed by atoms with Gasteiger partial charge in [0.25, 0.3) is 5.91 Å². The van der Waals surface area contributed by atoms with Crippen molar-refractivity contribution in [1.82, 2.24) is 5.32 Å². The zero-order chi connectivity index (χ0) is 14.4. The van der Waals surface area contributed by atoms with Crippen molar-refractivity contribution < 1.29 is 19.1 Å². The number of hydrogen-bond donors (Lipinski definition) is 2. The predicted octanol–water partition coefficient (Wildman–Crippen LogP) is 0.727. The first kappa shape index (κ1) is 14.7. The second kappa shape index (κ2) is 6.53. The molecule has 0 spiro atoms. The summed E-state index contributed by atoms with van der Waals surface area (Å²) in [7, 11) is 1.54. The minimum absolute atomic E-state index is 0.429. The molecule has 0 heterocycles. The smallest absolute Gasteiger partial charge is 0.254 e. The number of rotatable bonds is 5. The fraction of sp³-hybridized carbons (Fsp3) is 0.308. The average molecular weight is 264 g/mol. The van der Waals surface area contributed by atoms with Gasteiger partial charge in [-0.3, -0.25) is 14.4 Å². The maximum Gasteiger partial charge on any atom is 0.254 e. The van der Waals surface area contributed by atoms with E-state index in [0.717, 1.165) is 0 Å². The van der Waals surface area contributed by atoms with Crippen molar-refractivity contribution in [1.29, 1.82) is 0 Å². The molecule has 0 aliphatic heterocycles. The Morgan fingerprint density at radius 2 is 1.68 bits per heavy atom. The molecule has 0 aliphatic rings. The Kier molecular flexibility index (Phi) is 5.05. The Balaban J connectivity index is 2.75. The minimum atomic E-state index is -1.18. The molecule has 0 bridgehead atoms. The fourth-order valence-corrected chi connectivity index (χ4v) is 1.44. The van der Waals surface area contributed by atoms with Gasteiger partial charge < -0.3 is 15.4 Å². The highest BCUT2D eigenvalue weighted by molar-refractivity contribution is 6.11. The highest BCUT2D eigenvalue weighted by Gasteiger charge is 2.23. The Morgan fingerprint density at radius 1 is 1.11 bits per heavy atom. The molecule has 0 fully saturated rings. The van der Waals surface area contributed by atoms with Crippen LogP contribution < -0.4 is 15.4 Å². The first-order valence-electron chi connectivity index (χ1n) is 5.66. The van der Waals surface area contributed by atoms with Gasteiger partial charge in [-0.15, -0.1) is 0 Å². The lowest BCUT2D eigenvalue weighted by molar-refractivity contribution is -0.132. The van der Waals surface area contributed by atoms with Crippen LogP contribution in [0.5, 0.6) is 5.75 Å². The molecular formula is C13H16N2O4. The van der Waals surface area contributed by atoms with E-state index in [2.05, 4.69) is 10.6 Å². The number of benzene rings is 1. The van der Waals surface area contributed by atoms with Crippen molar-refractivity contribution in [3.63, 3.8) is 0 Å². The summed E-state index contributed by atoms with van der Waals surface area (Å²) < 4.78 is 4.99. The maximum absolute atomic E-state index is 11.9. The molecule has 1 rings (SSSR count). The molecule has 2 N–H and O–H groups in total. The Morgan fingerprint density at radius 3 is 2.11 bits per heavy atom. The van der Waals surface area contributed by atoms with E-state index in [9.17, 15) is 14.4 Å². The van der Waals surface area contributed by atoms with Crippen LogP contribution in [-0.4, -0.2) is 30.7 Å². The van der Waals surface area contributed by atoms with E-state index in [-0.39, 0.29) is 0 Å². The van der Waals surface area contributed by atoms with Gasteiger partial charge in [0.2, 0.25) is 5.91 Å². The quantitative estimate of drug-likeness (QED) is 0.768. The van der Waals surface area contributed by atoms with E-state index >= 15 is 0 Å². The van der Waals surface area contributed by atoms with E-state index in [1.807, 2.05) is 0 Å². The lowest BCUT2D eigenvalue weighted by Gasteiger charge is -2.14. The van der Waals surface area contributed by atoms with Crippen LogP contribution in [0.2, 0.25) is 0 Å². The van der Waals surface area contributed by atoms with Gasteiger partial charge in [-0.2, -0.15) is 0 Å². The summed E-state index contributed by atoms with van der Waals surface area (Å²) in [5.41, 5.74) is 0.516. The molecule has 6 heteroatoms. The van der Waals surface area contributed by atoms with Gasteiger partial charge in [-0.1, -0.05) is 0 Å².